The van der Waals surface area contributed by atoms with Gasteiger partial charge in [-0.1, -0.05) is 23.7 Å². The SMILES string of the molecule is Cc1cc(/C=C2\C(=O)NC(=S)N(c3ccccc3Cl)C2=O)c(C)n1-c1sc2c(c1C#N)CCCC2. The summed E-state index contributed by atoms with van der Waals surface area (Å²) in [6, 6.07) is 11.2. The Bertz CT molecular complexity index is 1490. The standard InChI is InChI=1S/C26H21ClN4O2S2/c1-14-11-16(15(2)30(14)25-19(13-28)17-7-3-6-10-22(17)35-25)12-18-23(32)29-26(34)31(24(18)33)21-9-5-4-8-20(21)27/h4-5,8-9,11-12H,3,6-7,10H2,1-2H3,(H,29,32,34)/b18-12+. The predicted octanol–water partition coefficient (Wildman–Crippen LogP) is 5.39. The third-order valence-electron chi connectivity index (χ3n) is 6.43. The maximum Gasteiger partial charge on any atom is 0.270 e. The van der Waals surface area contributed by atoms with Gasteiger partial charge in [0.1, 0.15) is 16.6 Å². The maximum absolute atomic E-state index is 13.4. The molecule has 1 aliphatic heterocycles. The van der Waals surface area contributed by atoms with Crippen LogP contribution in [0.4, 0.5) is 5.69 Å². The van der Waals surface area contributed by atoms with E-state index in [2.05, 4.69) is 16.0 Å². The van der Waals surface area contributed by atoms with E-state index in [0.29, 0.717) is 10.7 Å². The van der Waals surface area contributed by atoms with Crippen LogP contribution in [0, 0.1) is 25.2 Å². The minimum atomic E-state index is -0.558. The number of aromatic nitrogens is 1. The van der Waals surface area contributed by atoms with Crippen LogP contribution in [0.2, 0.25) is 5.02 Å². The number of anilines is 1. The number of fused-ring (bicyclic) bond motifs is 1. The van der Waals surface area contributed by atoms with Crippen molar-refractivity contribution >= 4 is 63.8 Å². The quantitative estimate of drug-likeness (QED) is 0.285. The summed E-state index contributed by atoms with van der Waals surface area (Å²) in [5.41, 5.74) is 4.76. The number of carbonyl (C=O) groups is 2. The van der Waals surface area contributed by atoms with Crippen LogP contribution in [0.1, 0.15) is 45.8 Å². The molecule has 0 atom stereocenters. The Hall–Kier alpha value is -3.25. The van der Waals surface area contributed by atoms with E-state index < -0.39 is 11.8 Å². The Morgan fingerprint density at radius 3 is 2.69 bits per heavy atom. The highest BCUT2D eigenvalue weighted by Gasteiger charge is 2.35. The van der Waals surface area contributed by atoms with E-state index in [1.54, 1.807) is 41.7 Å². The number of nitrogens with zero attached hydrogens (tertiary/aromatic N) is 3. The number of rotatable bonds is 3. The summed E-state index contributed by atoms with van der Waals surface area (Å²) >= 11 is 13.2. The van der Waals surface area contributed by atoms with E-state index in [-0.39, 0.29) is 10.7 Å². The van der Waals surface area contributed by atoms with Gasteiger partial charge in [-0.05, 0) is 87.2 Å². The highest BCUT2D eigenvalue weighted by molar-refractivity contribution is 7.80. The number of para-hydroxylation sites is 1. The first-order valence-corrected chi connectivity index (χ1v) is 12.8. The lowest BCUT2D eigenvalue weighted by Crippen LogP contribution is -2.54. The molecule has 1 fully saturated rings. The van der Waals surface area contributed by atoms with E-state index in [1.807, 2.05) is 19.9 Å². The van der Waals surface area contributed by atoms with Gasteiger partial charge in [-0.3, -0.25) is 19.8 Å². The number of benzene rings is 1. The molecule has 0 radical (unpaired) electrons. The highest BCUT2D eigenvalue weighted by atomic mass is 35.5. The Kier molecular flexibility index (Phi) is 6.09. The van der Waals surface area contributed by atoms with Crippen molar-refractivity contribution < 1.29 is 9.59 Å². The number of hydrogen-bond acceptors (Lipinski definition) is 5. The zero-order valence-corrected chi connectivity index (χ0v) is 21.5. The normalized spacial score (nSPS) is 16.9. The first-order chi connectivity index (χ1) is 16.8. The van der Waals surface area contributed by atoms with Crippen molar-refractivity contribution in [3.8, 4) is 11.1 Å². The molecular formula is C26H21ClN4O2S2. The highest BCUT2D eigenvalue weighted by Crippen LogP contribution is 2.38. The third kappa shape index (κ3) is 3.90. The molecule has 0 unspecified atom stereocenters. The lowest BCUT2D eigenvalue weighted by molar-refractivity contribution is -0.122. The Balaban J connectivity index is 1.59. The molecule has 0 spiro atoms. The van der Waals surface area contributed by atoms with Crippen molar-refractivity contribution in [2.75, 3.05) is 4.90 Å². The Morgan fingerprint density at radius 2 is 1.94 bits per heavy atom. The summed E-state index contributed by atoms with van der Waals surface area (Å²) < 4.78 is 2.05. The summed E-state index contributed by atoms with van der Waals surface area (Å²) in [5.74, 6) is -1.10. The summed E-state index contributed by atoms with van der Waals surface area (Å²) in [6.07, 6.45) is 5.75. The topological polar surface area (TPSA) is 78.1 Å². The molecule has 2 aromatic heterocycles. The Labute approximate surface area is 217 Å². The first kappa shape index (κ1) is 23.5. The number of carbonyl (C=O) groups excluding carboxylic acids is 2. The molecule has 2 aliphatic rings. The summed E-state index contributed by atoms with van der Waals surface area (Å²) in [6.45, 7) is 3.89. The molecule has 9 heteroatoms. The molecule has 1 aliphatic carbocycles. The average molecular weight is 521 g/mol. The second-order valence-corrected chi connectivity index (χ2v) is 10.5. The molecule has 0 saturated carbocycles. The molecule has 5 rings (SSSR count). The van der Waals surface area contributed by atoms with Gasteiger partial charge in [0.15, 0.2) is 5.11 Å². The van der Waals surface area contributed by atoms with E-state index in [1.165, 1.54) is 9.78 Å². The lowest BCUT2D eigenvalue weighted by atomic mass is 9.96. The van der Waals surface area contributed by atoms with Crippen LogP contribution in [0.15, 0.2) is 35.9 Å². The molecular weight excluding hydrogens is 500 g/mol. The number of thiocarbonyl (C=S) groups is 1. The van der Waals surface area contributed by atoms with Gasteiger partial charge in [0, 0.05) is 16.3 Å². The minimum absolute atomic E-state index is 0.0152. The number of amides is 2. The first-order valence-electron chi connectivity index (χ1n) is 11.2. The van der Waals surface area contributed by atoms with Crippen LogP contribution in [0.3, 0.4) is 0 Å². The molecule has 2 amide bonds. The van der Waals surface area contributed by atoms with Crippen molar-refractivity contribution in [2.45, 2.75) is 39.5 Å². The van der Waals surface area contributed by atoms with Gasteiger partial charge in [-0.25, -0.2) is 0 Å². The van der Waals surface area contributed by atoms with Crippen molar-refractivity contribution in [2.24, 2.45) is 0 Å². The molecule has 35 heavy (non-hydrogen) atoms. The molecule has 0 bridgehead atoms. The third-order valence-corrected chi connectivity index (χ3v) is 8.31. The van der Waals surface area contributed by atoms with Crippen molar-refractivity contribution in [1.82, 2.24) is 9.88 Å². The fraction of sp³-hybridized carbons (Fsp3) is 0.231. The zero-order valence-electron chi connectivity index (χ0n) is 19.1. The second-order valence-electron chi connectivity index (χ2n) is 8.57. The van der Waals surface area contributed by atoms with E-state index in [0.717, 1.165) is 58.8 Å². The van der Waals surface area contributed by atoms with Crippen LogP contribution in [0.5, 0.6) is 0 Å². The van der Waals surface area contributed by atoms with Gasteiger partial charge in [0.25, 0.3) is 11.8 Å². The number of aryl methyl sites for hydroxylation is 2. The van der Waals surface area contributed by atoms with Crippen LogP contribution in [-0.4, -0.2) is 21.5 Å². The van der Waals surface area contributed by atoms with Gasteiger partial charge >= 0.3 is 0 Å². The second kappa shape index (κ2) is 9.08. The average Bonchev–Trinajstić information content (AvgIpc) is 3.33. The largest absolute Gasteiger partial charge is 0.308 e. The van der Waals surface area contributed by atoms with Crippen LogP contribution in [0.25, 0.3) is 11.1 Å². The minimum Gasteiger partial charge on any atom is -0.308 e. The number of hydrogen-bond donors (Lipinski definition) is 1. The van der Waals surface area contributed by atoms with Gasteiger partial charge in [-0.2, -0.15) is 5.26 Å². The van der Waals surface area contributed by atoms with Crippen molar-refractivity contribution in [3.63, 3.8) is 0 Å². The van der Waals surface area contributed by atoms with Crippen LogP contribution >= 0.6 is 35.2 Å². The monoisotopic (exact) mass is 520 g/mol. The van der Waals surface area contributed by atoms with Crippen LogP contribution in [-0.2, 0) is 22.4 Å². The van der Waals surface area contributed by atoms with Crippen molar-refractivity contribution in [1.29, 1.82) is 5.26 Å². The summed E-state index contributed by atoms with van der Waals surface area (Å²) in [7, 11) is 0. The van der Waals surface area contributed by atoms with E-state index >= 15 is 0 Å². The molecule has 1 saturated heterocycles. The summed E-state index contributed by atoms with van der Waals surface area (Å²) in [5, 5.41) is 13.8. The van der Waals surface area contributed by atoms with Crippen molar-refractivity contribution in [3.05, 3.63) is 73.9 Å². The predicted molar refractivity (Wildman–Crippen MR) is 142 cm³/mol. The zero-order chi connectivity index (χ0) is 24.9. The molecule has 3 aromatic rings. The fourth-order valence-electron chi connectivity index (χ4n) is 4.74. The molecule has 6 nitrogen and oxygen atoms in total. The molecule has 3 heterocycles. The van der Waals surface area contributed by atoms with Gasteiger partial charge in [-0.15, -0.1) is 11.3 Å². The van der Waals surface area contributed by atoms with Crippen LogP contribution < -0.4 is 10.2 Å². The molecule has 1 N–H and O–H groups in total. The van der Waals surface area contributed by atoms with E-state index in [4.69, 9.17) is 23.8 Å². The number of thiophene rings is 1. The number of nitriles is 1. The molecule has 176 valence electrons. The maximum atomic E-state index is 13.4. The molecule has 1 aromatic carbocycles. The number of nitrogens with one attached hydrogen (secondary N) is 1. The van der Waals surface area contributed by atoms with E-state index in [9.17, 15) is 14.9 Å². The van der Waals surface area contributed by atoms with Gasteiger partial charge in [0.05, 0.1) is 16.3 Å². The van der Waals surface area contributed by atoms with Gasteiger partial charge in [0.2, 0.25) is 0 Å². The summed E-state index contributed by atoms with van der Waals surface area (Å²) in [4.78, 5) is 28.7. The number of halogens is 1. The Morgan fingerprint density at radius 1 is 1.20 bits per heavy atom. The fourth-order valence-corrected chi connectivity index (χ4v) is 6.68. The van der Waals surface area contributed by atoms with Gasteiger partial charge < -0.3 is 4.57 Å². The smallest absolute Gasteiger partial charge is 0.270 e. The lowest BCUT2D eigenvalue weighted by Gasteiger charge is -2.29.